The van der Waals surface area contributed by atoms with E-state index in [2.05, 4.69) is 10.2 Å². The average molecular weight is 563 g/mol. The lowest BCUT2D eigenvalue weighted by Crippen LogP contribution is -2.50. The molecular weight excluding hydrogens is 526 g/mol. The summed E-state index contributed by atoms with van der Waals surface area (Å²) in [7, 11) is 3.34. The molecule has 1 aliphatic heterocycles. The largest absolute Gasteiger partial charge is 0.496 e. The van der Waals surface area contributed by atoms with Crippen molar-refractivity contribution in [1.82, 2.24) is 10.2 Å². The van der Waals surface area contributed by atoms with Crippen LogP contribution >= 0.6 is 24.0 Å². The molecular formula is C27H36Cl2F3N3O2. The first-order chi connectivity index (χ1) is 17.0. The van der Waals surface area contributed by atoms with Crippen LogP contribution in [0.1, 0.15) is 43.5 Å². The fourth-order valence-electron chi connectivity index (χ4n) is 4.90. The maximum Gasteiger partial charge on any atom is 0.416 e. The molecule has 1 heterocycles. The van der Waals surface area contributed by atoms with Gasteiger partial charge in [0.05, 0.1) is 12.7 Å². The second kappa shape index (κ2) is 13.1. The zero-order chi connectivity index (χ0) is 26.6. The van der Waals surface area contributed by atoms with Crippen LogP contribution < -0.4 is 15.0 Å². The highest BCUT2D eigenvalue weighted by Crippen LogP contribution is 2.37. The number of hydrogen-bond donors (Lipinski definition) is 1. The van der Waals surface area contributed by atoms with Crippen molar-refractivity contribution in [3.05, 3.63) is 58.1 Å². The normalized spacial score (nSPS) is 15.8. The molecule has 0 bridgehead atoms. The van der Waals surface area contributed by atoms with Crippen molar-refractivity contribution in [3.63, 3.8) is 0 Å². The first-order valence-electron chi connectivity index (χ1n) is 12.2. The van der Waals surface area contributed by atoms with E-state index in [0.717, 1.165) is 17.3 Å². The van der Waals surface area contributed by atoms with Crippen molar-refractivity contribution in [2.24, 2.45) is 11.8 Å². The zero-order valence-corrected chi connectivity index (χ0v) is 23.4. The highest BCUT2D eigenvalue weighted by molar-refractivity contribution is 6.30. The molecule has 0 aromatic heterocycles. The molecule has 1 aliphatic rings. The zero-order valence-electron chi connectivity index (χ0n) is 21.9. The standard InChI is InChI=1S/C27H35ClF3N3O2.ClH/c1-17(2)25(32-4)22-15-20(27(29,30)31)7-9-23(22)33-10-12-34(13-11-33)26(35)18(3)14-19-6-8-21(28)16-24(19)36-5;/h6-9,15-18,25,32H,10-14H2,1-5H3;1H/t18-,25+;/m1./s1. The van der Waals surface area contributed by atoms with E-state index in [1.165, 1.54) is 6.07 Å². The predicted molar refractivity (Wildman–Crippen MR) is 145 cm³/mol. The van der Waals surface area contributed by atoms with Gasteiger partial charge in [0.1, 0.15) is 5.75 Å². The minimum atomic E-state index is -4.41. The second-order valence-corrected chi connectivity index (χ2v) is 10.1. The lowest BCUT2D eigenvalue weighted by molar-refractivity contribution is -0.137. The molecule has 0 saturated carbocycles. The molecule has 1 fully saturated rings. The molecule has 37 heavy (non-hydrogen) atoms. The Morgan fingerprint density at radius 1 is 1.08 bits per heavy atom. The molecule has 10 heteroatoms. The Balaban J connectivity index is 0.00000481. The van der Waals surface area contributed by atoms with Crippen LogP contribution in [0.5, 0.6) is 5.75 Å². The molecule has 206 valence electrons. The monoisotopic (exact) mass is 561 g/mol. The summed E-state index contributed by atoms with van der Waals surface area (Å²) in [5.41, 5.74) is 1.68. The number of benzene rings is 2. The van der Waals surface area contributed by atoms with Gasteiger partial charge in [-0.05, 0) is 60.8 Å². The molecule has 0 radical (unpaired) electrons. The number of alkyl halides is 3. The number of ether oxygens (including phenoxy) is 1. The minimum Gasteiger partial charge on any atom is -0.496 e. The average Bonchev–Trinajstić information content (AvgIpc) is 2.84. The fraction of sp³-hybridized carbons (Fsp3) is 0.519. The maximum absolute atomic E-state index is 13.5. The van der Waals surface area contributed by atoms with Gasteiger partial charge in [0, 0.05) is 48.8 Å². The summed E-state index contributed by atoms with van der Waals surface area (Å²) in [4.78, 5) is 17.1. The number of piperazine rings is 1. The van der Waals surface area contributed by atoms with Gasteiger partial charge in [-0.2, -0.15) is 13.2 Å². The van der Waals surface area contributed by atoms with Crippen LogP contribution in [0.4, 0.5) is 18.9 Å². The van der Waals surface area contributed by atoms with Crippen molar-refractivity contribution in [2.75, 3.05) is 45.2 Å². The number of hydrogen-bond acceptors (Lipinski definition) is 4. The van der Waals surface area contributed by atoms with Crippen LogP contribution in [0.25, 0.3) is 0 Å². The molecule has 0 spiro atoms. The Labute approximate surface area is 228 Å². The topological polar surface area (TPSA) is 44.8 Å². The number of carbonyl (C=O) groups excluding carboxylic acids is 1. The van der Waals surface area contributed by atoms with Crippen LogP contribution in [0.3, 0.4) is 0 Å². The Hall–Kier alpha value is -2.16. The van der Waals surface area contributed by atoms with Gasteiger partial charge >= 0.3 is 6.18 Å². The van der Waals surface area contributed by atoms with E-state index < -0.39 is 11.7 Å². The summed E-state index contributed by atoms with van der Waals surface area (Å²) < 4.78 is 45.8. The van der Waals surface area contributed by atoms with E-state index in [9.17, 15) is 18.0 Å². The molecule has 2 aromatic carbocycles. The molecule has 1 amide bonds. The smallest absolute Gasteiger partial charge is 0.416 e. The van der Waals surface area contributed by atoms with Crippen LogP contribution in [-0.4, -0.2) is 51.1 Å². The summed E-state index contributed by atoms with van der Waals surface area (Å²) in [5, 5.41) is 3.75. The summed E-state index contributed by atoms with van der Waals surface area (Å²) >= 11 is 6.05. The highest BCUT2D eigenvalue weighted by atomic mass is 35.5. The molecule has 1 saturated heterocycles. The predicted octanol–water partition coefficient (Wildman–Crippen LogP) is 6.23. The summed E-state index contributed by atoms with van der Waals surface area (Å²) in [6.45, 7) is 7.99. The van der Waals surface area contributed by atoms with E-state index in [0.29, 0.717) is 48.9 Å². The van der Waals surface area contributed by atoms with Crippen LogP contribution in [-0.2, 0) is 17.4 Å². The lowest BCUT2D eigenvalue weighted by atomic mass is 9.92. The van der Waals surface area contributed by atoms with E-state index in [1.807, 2.05) is 31.7 Å². The van der Waals surface area contributed by atoms with Gasteiger partial charge in [0.15, 0.2) is 0 Å². The number of halogens is 5. The van der Waals surface area contributed by atoms with Crippen molar-refractivity contribution in [1.29, 1.82) is 0 Å². The number of methoxy groups -OCH3 is 1. The molecule has 3 rings (SSSR count). The van der Waals surface area contributed by atoms with Gasteiger partial charge in [-0.3, -0.25) is 4.79 Å². The summed E-state index contributed by atoms with van der Waals surface area (Å²) in [5.74, 6) is 0.564. The van der Waals surface area contributed by atoms with Gasteiger partial charge in [-0.1, -0.05) is 38.4 Å². The molecule has 2 aromatic rings. The van der Waals surface area contributed by atoms with Gasteiger partial charge in [0.2, 0.25) is 5.91 Å². The molecule has 0 unspecified atom stereocenters. The van der Waals surface area contributed by atoms with Crippen LogP contribution in [0, 0.1) is 11.8 Å². The van der Waals surface area contributed by atoms with Crippen molar-refractivity contribution < 1.29 is 22.7 Å². The van der Waals surface area contributed by atoms with E-state index in [-0.39, 0.29) is 36.2 Å². The molecule has 2 atom stereocenters. The Morgan fingerprint density at radius 3 is 2.27 bits per heavy atom. The summed E-state index contributed by atoms with van der Waals surface area (Å²) in [6.07, 6.45) is -3.88. The van der Waals surface area contributed by atoms with Crippen molar-refractivity contribution >= 4 is 35.6 Å². The van der Waals surface area contributed by atoms with Crippen molar-refractivity contribution in [2.45, 2.75) is 39.4 Å². The lowest BCUT2D eigenvalue weighted by Gasteiger charge is -2.39. The minimum absolute atomic E-state index is 0. The van der Waals surface area contributed by atoms with E-state index in [4.69, 9.17) is 16.3 Å². The highest BCUT2D eigenvalue weighted by Gasteiger charge is 2.34. The molecule has 0 aliphatic carbocycles. The third-order valence-electron chi connectivity index (χ3n) is 6.80. The Morgan fingerprint density at radius 2 is 1.73 bits per heavy atom. The first kappa shape index (κ1) is 31.1. The van der Waals surface area contributed by atoms with E-state index >= 15 is 0 Å². The van der Waals surface area contributed by atoms with Gasteiger partial charge in [-0.15, -0.1) is 12.4 Å². The van der Waals surface area contributed by atoms with Crippen LogP contribution in [0.15, 0.2) is 36.4 Å². The third-order valence-corrected chi connectivity index (χ3v) is 7.03. The van der Waals surface area contributed by atoms with Crippen LogP contribution in [0.2, 0.25) is 5.02 Å². The number of rotatable bonds is 8. The maximum atomic E-state index is 13.5. The molecule has 1 N–H and O–H groups in total. The van der Waals surface area contributed by atoms with Crippen molar-refractivity contribution in [3.8, 4) is 5.75 Å². The van der Waals surface area contributed by atoms with Gasteiger partial charge in [0.25, 0.3) is 0 Å². The molecule has 5 nitrogen and oxygen atoms in total. The quantitative estimate of drug-likeness (QED) is 0.414. The van der Waals surface area contributed by atoms with Gasteiger partial charge in [-0.25, -0.2) is 0 Å². The van der Waals surface area contributed by atoms with Gasteiger partial charge < -0.3 is 19.9 Å². The Kier molecular flexibility index (Phi) is 11.0. The Bertz CT molecular complexity index is 1060. The fourth-order valence-corrected chi connectivity index (χ4v) is 5.06. The van der Waals surface area contributed by atoms with E-state index in [1.54, 1.807) is 32.4 Å². The number of anilines is 1. The number of carbonyl (C=O) groups is 1. The number of nitrogens with one attached hydrogen (secondary N) is 1. The first-order valence-corrected chi connectivity index (χ1v) is 12.6. The second-order valence-electron chi connectivity index (χ2n) is 9.66. The SMILES string of the molecule is CN[C@H](c1cc(C(F)(F)F)ccc1N1CCN(C(=O)[C@H](C)Cc2ccc(Cl)cc2OC)CC1)C(C)C.Cl. The third kappa shape index (κ3) is 7.45. The number of nitrogens with zero attached hydrogens (tertiary/aromatic N) is 2. The number of amides is 1. The summed E-state index contributed by atoms with van der Waals surface area (Å²) in [6, 6.07) is 9.15.